The fraction of sp³-hybridized carbons (Fsp3) is 0.600. The zero-order valence-corrected chi connectivity index (χ0v) is 13.4. The van der Waals surface area contributed by atoms with E-state index in [-0.39, 0.29) is 12.4 Å². The molecule has 1 aromatic rings. The Kier molecular flexibility index (Phi) is 5.59. The molecule has 0 spiro atoms. The van der Waals surface area contributed by atoms with Crippen molar-refractivity contribution in [3.8, 4) is 5.75 Å². The lowest BCUT2D eigenvalue weighted by Gasteiger charge is -2.20. The van der Waals surface area contributed by atoms with Crippen LogP contribution in [0.1, 0.15) is 45.8 Å². The normalized spacial score (nSPS) is 14.1. The summed E-state index contributed by atoms with van der Waals surface area (Å²) in [4.78, 5) is 0. The van der Waals surface area contributed by atoms with E-state index in [2.05, 4.69) is 0 Å². The molecule has 0 saturated carbocycles. The van der Waals surface area contributed by atoms with Crippen LogP contribution in [-0.4, -0.2) is 30.6 Å². The first-order chi connectivity index (χ1) is 9.19. The van der Waals surface area contributed by atoms with Gasteiger partial charge >= 0.3 is 0 Å². The molecule has 1 aromatic carbocycles. The molecule has 5 heteroatoms. The van der Waals surface area contributed by atoms with Crippen molar-refractivity contribution in [3.05, 3.63) is 29.8 Å². The van der Waals surface area contributed by atoms with Gasteiger partial charge in [0.2, 0.25) is 0 Å². The quantitative estimate of drug-likeness (QED) is 0.877. The molecule has 0 amide bonds. The summed E-state index contributed by atoms with van der Waals surface area (Å²) >= 11 is 0. The zero-order chi connectivity index (χ0) is 15.4. The van der Waals surface area contributed by atoms with Gasteiger partial charge in [0.25, 0.3) is 0 Å². The van der Waals surface area contributed by atoms with E-state index < -0.39 is 20.7 Å². The Morgan fingerprint density at radius 3 is 2.40 bits per heavy atom. The van der Waals surface area contributed by atoms with E-state index in [0.29, 0.717) is 17.7 Å². The van der Waals surface area contributed by atoms with Crippen LogP contribution in [0.2, 0.25) is 0 Å². The van der Waals surface area contributed by atoms with Crippen LogP contribution in [0.25, 0.3) is 0 Å². The summed E-state index contributed by atoms with van der Waals surface area (Å²) in [7, 11) is -3.19. The van der Waals surface area contributed by atoms with Gasteiger partial charge in [-0.3, -0.25) is 0 Å². The van der Waals surface area contributed by atoms with Gasteiger partial charge in [0.05, 0.1) is 16.6 Å². The Balaban J connectivity index is 2.73. The molecule has 0 aromatic heterocycles. The molecular weight excluding hydrogens is 276 g/mol. The third kappa shape index (κ3) is 4.21. The van der Waals surface area contributed by atoms with Crippen molar-refractivity contribution in [2.24, 2.45) is 0 Å². The second-order valence-electron chi connectivity index (χ2n) is 5.74. The van der Waals surface area contributed by atoms with E-state index in [1.165, 1.54) is 0 Å². The van der Waals surface area contributed by atoms with E-state index >= 15 is 0 Å². The minimum Gasteiger partial charge on any atom is -0.492 e. The molecule has 0 fully saturated rings. The Morgan fingerprint density at radius 2 is 1.85 bits per heavy atom. The number of hydrogen-bond donors (Lipinski definition) is 1. The molecule has 1 atom stereocenters. The summed E-state index contributed by atoms with van der Waals surface area (Å²) < 4.78 is 28.7. The highest BCUT2D eigenvalue weighted by molar-refractivity contribution is 7.92. The second-order valence-corrected chi connectivity index (χ2v) is 8.60. The lowest BCUT2D eigenvalue weighted by molar-refractivity contribution is 0.168. The van der Waals surface area contributed by atoms with Crippen molar-refractivity contribution in [1.82, 2.24) is 0 Å². The maximum atomic E-state index is 12.0. The van der Waals surface area contributed by atoms with Gasteiger partial charge in [-0.25, -0.2) is 8.42 Å². The lowest BCUT2D eigenvalue weighted by Crippen LogP contribution is -2.32. The topological polar surface area (TPSA) is 63.6 Å². The molecule has 0 aliphatic carbocycles. The van der Waals surface area contributed by atoms with Crippen molar-refractivity contribution in [2.75, 3.05) is 12.4 Å². The van der Waals surface area contributed by atoms with Gasteiger partial charge in [0.15, 0.2) is 9.84 Å². The molecule has 0 aliphatic rings. The van der Waals surface area contributed by atoms with E-state index in [1.807, 2.05) is 13.0 Å². The highest BCUT2D eigenvalue weighted by atomic mass is 32.2. The molecule has 4 nitrogen and oxygen atoms in total. The Labute approximate surface area is 121 Å². The number of hydrogen-bond acceptors (Lipinski definition) is 4. The molecular formula is C15H24O4S. The van der Waals surface area contributed by atoms with Crippen molar-refractivity contribution >= 4 is 9.84 Å². The van der Waals surface area contributed by atoms with Gasteiger partial charge in [0, 0.05) is 5.56 Å². The monoisotopic (exact) mass is 300 g/mol. The van der Waals surface area contributed by atoms with E-state index in [0.717, 1.165) is 0 Å². The summed E-state index contributed by atoms with van der Waals surface area (Å²) in [5.41, 5.74) is 0.697. The van der Waals surface area contributed by atoms with Crippen LogP contribution in [0.15, 0.2) is 24.3 Å². The van der Waals surface area contributed by atoms with E-state index in [9.17, 15) is 13.5 Å². The van der Waals surface area contributed by atoms with Gasteiger partial charge in [-0.15, -0.1) is 0 Å². The second kappa shape index (κ2) is 6.59. The van der Waals surface area contributed by atoms with Crippen LogP contribution in [0.3, 0.4) is 0 Å². The van der Waals surface area contributed by atoms with E-state index in [1.54, 1.807) is 39.0 Å². The predicted octanol–water partition coefficient (Wildman–Crippen LogP) is 2.72. The molecule has 0 bridgehead atoms. The number of aliphatic hydroxyl groups excluding tert-OH is 1. The van der Waals surface area contributed by atoms with Gasteiger partial charge < -0.3 is 9.84 Å². The molecule has 0 aliphatic heterocycles. The summed E-state index contributed by atoms with van der Waals surface area (Å²) in [6.45, 7) is 7.00. The Bertz CT molecular complexity index is 529. The highest BCUT2D eigenvalue weighted by Gasteiger charge is 2.28. The fourth-order valence-corrected chi connectivity index (χ4v) is 2.59. The number of sulfone groups is 1. The largest absolute Gasteiger partial charge is 0.492 e. The summed E-state index contributed by atoms with van der Waals surface area (Å²) in [5.74, 6) is 0.513. The number of aliphatic hydroxyl groups is 1. The summed E-state index contributed by atoms with van der Waals surface area (Å²) in [5, 5.41) is 9.90. The van der Waals surface area contributed by atoms with Crippen LogP contribution in [-0.2, 0) is 9.84 Å². The van der Waals surface area contributed by atoms with Gasteiger partial charge in [-0.2, -0.15) is 0 Å². The van der Waals surface area contributed by atoms with Crippen LogP contribution < -0.4 is 4.74 Å². The number of benzene rings is 1. The minimum absolute atomic E-state index is 0.0347. The lowest BCUT2D eigenvalue weighted by atomic mass is 10.1. The SMILES string of the molecule is CC[C@H](O)c1ccccc1OCCS(=O)(=O)C(C)(C)C. The third-order valence-corrected chi connectivity index (χ3v) is 5.78. The van der Waals surface area contributed by atoms with Crippen LogP contribution in [0.4, 0.5) is 0 Å². The van der Waals surface area contributed by atoms with Gasteiger partial charge in [-0.1, -0.05) is 25.1 Å². The number of ether oxygens (including phenoxy) is 1. The number of para-hydroxylation sites is 1. The average Bonchev–Trinajstić information content (AvgIpc) is 2.37. The highest BCUT2D eigenvalue weighted by Crippen LogP contribution is 2.27. The molecule has 1 rings (SSSR count). The zero-order valence-electron chi connectivity index (χ0n) is 12.6. The van der Waals surface area contributed by atoms with E-state index in [4.69, 9.17) is 4.74 Å². The maximum absolute atomic E-state index is 12.0. The first-order valence-corrected chi connectivity index (χ1v) is 8.46. The average molecular weight is 300 g/mol. The summed E-state index contributed by atoms with van der Waals surface area (Å²) in [6, 6.07) is 7.17. The molecule has 0 unspecified atom stereocenters. The van der Waals surface area contributed by atoms with Crippen LogP contribution in [0, 0.1) is 0 Å². The third-order valence-electron chi connectivity index (χ3n) is 3.21. The smallest absolute Gasteiger partial charge is 0.158 e. The Morgan fingerprint density at radius 1 is 1.25 bits per heavy atom. The molecule has 114 valence electrons. The predicted molar refractivity (Wildman–Crippen MR) is 80.7 cm³/mol. The fourth-order valence-electron chi connectivity index (χ4n) is 1.67. The maximum Gasteiger partial charge on any atom is 0.158 e. The van der Waals surface area contributed by atoms with Crippen molar-refractivity contribution in [1.29, 1.82) is 0 Å². The molecule has 0 heterocycles. The summed E-state index contributed by atoms with van der Waals surface area (Å²) in [6.07, 6.45) is -0.00821. The molecule has 1 N–H and O–H groups in total. The van der Waals surface area contributed by atoms with Crippen LogP contribution >= 0.6 is 0 Å². The van der Waals surface area contributed by atoms with Crippen LogP contribution in [0.5, 0.6) is 5.75 Å². The first-order valence-electron chi connectivity index (χ1n) is 6.81. The standard InChI is InChI=1S/C15H24O4S/c1-5-13(16)12-8-6-7-9-14(12)19-10-11-20(17,18)15(2,3)4/h6-9,13,16H,5,10-11H2,1-4H3/t13-/m0/s1. The molecule has 0 saturated heterocycles. The van der Waals surface area contributed by atoms with Gasteiger partial charge in [-0.05, 0) is 33.3 Å². The molecule has 20 heavy (non-hydrogen) atoms. The number of rotatable bonds is 6. The first kappa shape index (κ1) is 17.0. The minimum atomic E-state index is -3.19. The molecule has 0 radical (unpaired) electrons. The van der Waals surface area contributed by atoms with Gasteiger partial charge in [0.1, 0.15) is 12.4 Å². The van der Waals surface area contributed by atoms with Crippen molar-refractivity contribution < 1.29 is 18.3 Å². The van der Waals surface area contributed by atoms with Crippen molar-refractivity contribution in [3.63, 3.8) is 0 Å². The van der Waals surface area contributed by atoms with Crippen molar-refractivity contribution in [2.45, 2.75) is 45.0 Å². The Hall–Kier alpha value is -1.07.